The molecule has 1 aromatic carbocycles. The predicted octanol–water partition coefficient (Wildman–Crippen LogP) is 2.03. The van der Waals surface area contributed by atoms with Gasteiger partial charge in [0.25, 0.3) is 5.91 Å². The third-order valence-electron chi connectivity index (χ3n) is 4.23. The first-order chi connectivity index (χ1) is 11.5. The number of nitrogens with zero attached hydrogens (tertiary/aromatic N) is 3. The molecule has 0 aliphatic carbocycles. The first-order valence-electron chi connectivity index (χ1n) is 7.66. The number of hydrogen-bond donors (Lipinski definition) is 2. The van der Waals surface area contributed by atoms with Crippen LogP contribution in [0.25, 0.3) is 0 Å². The molecule has 1 aromatic heterocycles. The number of carboxylic acid groups (broad SMARTS) is 1. The van der Waals surface area contributed by atoms with E-state index in [9.17, 15) is 14.7 Å². The van der Waals surface area contributed by atoms with Crippen molar-refractivity contribution in [2.45, 2.75) is 13.3 Å². The Bertz CT molecular complexity index is 748. The molecule has 7 nitrogen and oxygen atoms in total. The van der Waals surface area contributed by atoms with Crippen molar-refractivity contribution in [1.29, 1.82) is 0 Å². The summed E-state index contributed by atoms with van der Waals surface area (Å²) in [6.45, 7) is 2.71. The Morgan fingerprint density at radius 2 is 1.92 bits per heavy atom. The van der Waals surface area contributed by atoms with Gasteiger partial charge in [0.2, 0.25) is 0 Å². The summed E-state index contributed by atoms with van der Waals surface area (Å²) in [7, 11) is 0. The monoisotopic (exact) mass is 326 g/mol. The Balaban J connectivity index is 1.68. The van der Waals surface area contributed by atoms with Crippen LogP contribution in [-0.4, -0.2) is 40.3 Å². The maximum absolute atomic E-state index is 12.1. The number of carbonyl (C=O) groups is 2. The minimum Gasteiger partial charge on any atom is -0.481 e. The lowest BCUT2D eigenvalue weighted by molar-refractivity contribution is -0.146. The molecule has 124 valence electrons. The Labute approximate surface area is 139 Å². The largest absolute Gasteiger partial charge is 0.481 e. The second kappa shape index (κ2) is 6.27. The summed E-state index contributed by atoms with van der Waals surface area (Å²) in [5.41, 5.74) is 0.123. The number of benzene rings is 1. The molecule has 1 saturated heterocycles. The van der Waals surface area contributed by atoms with Crippen LogP contribution < -0.4 is 10.2 Å². The van der Waals surface area contributed by atoms with Crippen LogP contribution in [0, 0.1) is 5.41 Å². The van der Waals surface area contributed by atoms with E-state index < -0.39 is 11.4 Å². The summed E-state index contributed by atoms with van der Waals surface area (Å²) >= 11 is 0. The van der Waals surface area contributed by atoms with Crippen LogP contribution in [-0.2, 0) is 4.79 Å². The van der Waals surface area contributed by atoms with Crippen LogP contribution in [0.2, 0.25) is 0 Å². The fraction of sp³-hybridized carbons (Fsp3) is 0.294. The van der Waals surface area contributed by atoms with Crippen molar-refractivity contribution in [2.75, 3.05) is 23.3 Å². The highest BCUT2D eigenvalue weighted by Crippen LogP contribution is 2.32. The van der Waals surface area contributed by atoms with Crippen molar-refractivity contribution in [3.8, 4) is 0 Å². The van der Waals surface area contributed by atoms with Gasteiger partial charge in [-0.2, -0.15) is 0 Å². The van der Waals surface area contributed by atoms with Gasteiger partial charge < -0.3 is 15.3 Å². The van der Waals surface area contributed by atoms with Gasteiger partial charge in [-0.05, 0) is 37.6 Å². The van der Waals surface area contributed by atoms with E-state index in [1.54, 1.807) is 31.2 Å². The second-order valence-corrected chi connectivity index (χ2v) is 6.13. The first kappa shape index (κ1) is 15.9. The fourth-order valence-corrected chi connectivity index (χ4v) is 2.66. The zero-order valence-electron chi connectivity index (χ0n) is 13.3. The summed E-state index contributed by atoms with van der Waals surface area (Å²) in [5.74, 6) is -0.565. The lowest BCUT2D eigenvalue weighted by atomic mass is 9.90. The molecule has 2 heterocycles. The number of para-hydroxylation sites is 1. The lowest BCUT2D eigenvalue weighted by Crippen LogP contribution is -2.32. The number of nitrogens with one attached hydrogen (secondary N) is 1. The average molecular weight is 326 g/mol. The third-order valence-corrected chi connectivity index (χ3v) is 4.23. The number of carbonyl (C=O) groups excluding carboxylic acids is 1. The van der Waals surface area contributed by atoms with Gasteiger partial charge in [-0.3, -0.25) is 9.59 Å². The standard InChI is InChI=1S/C17H18N4O3/c1-17(16(23)24)9-10-21(11-17)14-8-7-13(19-20-14)15(22)18-12-5-3-2-4-6-12/h2-8H,9-11H2,1H3,(H,18,22)(H,23,24). The van der Waals surface area contributed by atoms with E-state index in [0.29, 0.717) is 31.0 Å². The topological polar surface area (TPSA) is 95.4 Å². The van der Waals surface area contributed by atoms with Gasteiger partial charge in [-0.25, -0.2) is 0 Å². The van der Waals surface area contributed by atoms with Crippen molar-refractivity contribution in [3.05, 3.63) is 48.2 Å². The normalized spacial score (nSPS) is 20.0. The molecule has 7 heteroatoms. The SMILES string of the molecule is CC1(C(=O)O)CCN(c2ccc(C(=O)Nc3ccccc3)nn2)C1. The summed E-state index contributed by atoms with van der Waals surface area (Å²) in [5, 5.41) is 20.1. The molecule has 0 saturated carbocycles. The van der Waals surface area contributed by atoms with Gasteiger partial charge in [-0.15, -0.1) is 10.2 Å². The first-order valence-corrected chi connectivity index (χ1v) is 7.66. The minimum atomic E-state index is -0.809. The van der Waals surface area contributed by atoms with E-state index >= 15 is 0 Å². The Hall–Kier alpha value is -2.96. The fourth-order valence-electron chi connectivity index (χ4n) is 2.66. The van der Waals surface area contributed by atoms with E-state index in [1.807, 2.05) is 23.1 Å². The molecule has 2 N–H and O–H groups in total. The van der Waals surface area contributed by atoms with E-state index in [-0.39, 0.29) is 11.6 Å². The van der Waals surface area contributed by atoms with Crippen LogP contribution in [0.5, 0.6) is 0 Å². The number of aromatic nitrogens is 2. The van der Waals surface area contributed by atoms with Crippen LogP contribution in [0.4, 0.5) is 11.5 Å². The summed E-state index contributed by atoms with van der Waals surface area (Å²) in [4.78, 5) is 25.3. The summed E-state index contributed by atoms with van der Waals surface area (Å²) in [6.07, 6.45) is 0.556. The quantitative estimate of drug-likeness (QED) is 0.892. The molecule has 3 rings (SSSR count). The maximum Gasteiger partial charge on any atom is 0.311 e. The molecular formula is C17H18N4O3. The molecule has 1 atom stereocenters. The third kappa shape index (κ3) is 3.19. The average Bonchev–Trinajstić information content (AvgIpc) is 3.00. The number of amides is 1. The number of carboxylic acids is 1. The molecule has 1 fully saturated rings. The van der Waals surface area contributed by atoms with Gasteiger partial charge in [0.15, 0.2) is 11.5 Å². The predicted molar refractivity (Wildman–Crippen MR) is 89.0 cm³/mol. The number of aliphatic carboxylic acids is 1. The summed E-state index contributed by atoms with van der Waals surface area (Å²) < 4.78 is 0. The molecule has 1 unspecified atom stereocenters. The highest BCUT2D eigenvalue weighted by atomic mass is 16.4. The molecule has 2 aromatic rings. The van der Waals surface area contributed by atoms with E-state index in [2.05, 4.69) is 15.5 Å². The second-order valence-electron chi connectivity index (χ2n) is 6.13. The number of rotatable bonds is 4. The zero-order chi connectivity index (χ0) is 17.2. The van der Waals surface area contributed by atoms with Gasteiger partial charge in [-0.1, -0.05) is 18.2 Å². The molecule has 0 radical (unpaired) electrons. The highest BCUT2D eigenvalue weighted by molar-refractivity contribution is 6.02. The number of hydrogen-bond acceptors (Lipinski definition) is 5. The minimum absolute atomic E-state index is 0.211. The molecule has 1 aliphatic rings. The Morgan fingerprint density at radius 1 is 1.17 bits per heavy atom. The van der Waals surface area contributed by atoms with Gasteiger partial charge >= 0.3 is 5.97 Å². The Morgan fingerprint density at radius 3 is 2.50 bits per heavy atom. The van der Waals surface area contributed by atoms with Crippen molar-refractivity contribution in [2.24, 2.45) is 5.41 Å². The van der Waals surface area contributed by atoms with E-state index in [0.717, 1.165) is 0 Å². The van der Waals surface area contributed by atoms with Gasteiger partial charge in [0.1, 0.15) is 0 Å². The maximum atomic E-state index is 12.1. The molecule has 0 bridgehead atoms. The lowest BCUT2D eigenvalue weighted by Gasteiger charge is -2.20. The van der Waals surface area contributed by atoms with Crippen molar-refractivity contribution in [1.82, 2.24) is 10.2 Å². The highest BCUT2D eigenvalue weighted by Gasteiger charge is 2.41. The molecule has 1 amide bonds. The van der Waals surface area contributed by atoms with Gasteiger partial charge in [0.05, 0.1) is 5.41 Å². The van der Waals surface area contributed by atoms with Crippen molar-refractivity contribution in [3.63, 3.8) is 0 Å². The van der Waals surface area contributed by atoms with Crippen LogP contribution in [0.3, 0.4) is 0 Å². The molecule has 1 aliphatic heterocycles. The number of anilines is 2. The van der Waals surface area contributed by atoms with Crippen molar-refractivity contribution >= 4 is 23.4 Å². The molecule has 0 spiro atoms. The van der Waals surface area contributed by atoms with Crippen molar-refractivity contribution < 1.29 is 14.7 Å². The van der Waals surface area contributed by atoms with Crippen LogP contribution >= 0.6 is 0 Å². The van der Waals surface area contributed by atoms with E-state index in [4.69, 9.17) is 0 Å². The van der Waals surface area contributed by atoms with Gasteiger partial charge in [0, 0.05) is 18.8 Å². The Kier molecular flexibility index (Phi) is 4.16. The molecule has 24 heavy (non-hydrogen) atoms. The zero-order valence-corrected chi connectivity index (χ0v) is 13.3. The smallest absolute Gasteiger partial charge is 0.311 e. The van der Waals surface area contributed by atoms with Crippen LogP contribution in [0.15, 0.2) is 42.5 Å². The van der Waals surface area contributed by atoms with E-state index in [1.165, 1.54) is 0 Å². The van der Waals surface area contributed by atoms with Crippen LogP contribution in [0.1, 0.15) is 23.8 Å². The molecular weight excluding hydrogens is 308 g/mol. The summed E-state index contributed by atoms with van der Waals surface area (Å²) in [6, 6.07) is 12.4.